The number of phenolic OH excluding ortho intramolecular Hbond substituents is 2. The molecule has 0 aromatic heterocycles. The molecule has 4 rings (SSSR count). The Balaban J connectivity index is 1.32. The van der Waals surface area contributed by atoms with Crippen molar-refractivity contribution in [1.29, 1.82) is 0 Å². The van der Waals surface area contributed by atoms with Gasteiger partial charge in [-0.15, -0.1) is 0 Å². The molecule has 44 heavy (non-hydrogen) atoms. The Bertz CT molecular complexity index is 1430. The predicted octanol–water partition coefficient (Wildman–Crippen LogP) is 7.83. The van der Waals surface area contributed by atoms with E-state index in [1.54, 1.807) is 12.1 Å². The molecule has 0 spiro atoms. The summed E-state index contributed by atoms with van der Waals surface area (Å²) in [6, 6.07) is 30.0. The summed E-state index contributed by atoms with van der Waals surface area (Å²) in [6.45, 7) is 11.6. The fourth-order valence-electron chi connectivity index (χ4n) is 5.81. The van der Waals surface area contributed by atoms with Crippen LogP contribution in [0.4, 0.5) is 4.39 Å². The molecule has 0 aliphatic carbocycles. The van der Waals surface area contributed by atoms with Crippen LogP contribution >= 0.6 is 0 Å². The molecule has 3 N–H and O–H groups in total. The second-order valence-corrected chi connectivity index (χ2v) is 12.0. The normalized spacial score (nSPS) is 12.3. The maximum atomic E-state index is 13.5. The average molecular weight is 599 g/mol. The summed E-state index contributed by atoms with van der Waals surface area (Å²) < 4.78 is 19.6. The molecule has 1 unspecified atom stereocenters. The van der Waals surface area contributed by atoms with Crippen molar-refractivity contribution in [2.75, 3.05) is 19.7 Å². The van der Waals surface area contributed by atoms with E-state index in [1.165, 1.54) is 11.6 Å². The summed E-state index contributed by atoms with van der Waals surface area (Å²) >= 11 is 0. The molecule has 0 radical (unpaired) electrons. The third-order valence-electron chi connectivity index (χ3n) is 8.23. The lowest BCUT2D eigenvalue weighted by atomic mass is 9.86. The van der Waals surface area contributed by atoms with Crippen molar-refractivity contribution >= 4 is 0 Å². The summed E-state index contributed by atoms with van der Waals surface area (Å²) in [6.07, 6.45) is 2.46. The van der Waals surface area contributed by atoms with Crippen LogP contribution in [-0.4, -0.2) is 46.9 Å². The molecule has 5 nitrogen and oxygen atoms in total. The van der Waals surface area contributed by atoms with Gasteiger partial charge in [-0.25, -0.2) is 4.39 Å². The first kappa shape index (κ1) is 33.0. The lowest BCUT2D eigenvalue weighted by Gasteiger charge is -2.32. The van der Waals surface area contributed by atoms with Gasteiger partial charge >= 0.3 is 0 Å². The Morgan fingerprint density at radius 3 is 2.20 bits per heavy atom. The van der Waals surface area contributed by atoms with Crippen molar-refractivity contribution in [1.82, 2.24) is 10.2 Å². The van der Waals surface area contributed by atoms with E-state index in [9.17, 15) is 14.6 Å². The van der Waals surface area contributed by atoms with Crippen LogP contribution in [0.15, 0.2) is 91.0 Å². The van der Waals surface area contributed by atoms with Gasteiger partial charge in [0, 0.05) is 42.1 Å². The Labute approximate surface area is 262 Å². The van der Waals surface area contributed by atoms with Gasteiger partial charge in [-0.2, -0.15) is 0 Å². The lowest BCUT2D eigenvalue weighted by molar-refractivity contribution is 0.170. The van der Waals surface area contributed by atoms with Crippen LogP contribution in [0.5, 0.6) is 17.2 Å². The van der Waals surface area contributed by atoms with Crippen molar-refractivity contribution in [3.63, 3.8) is 0 Å². The van der Waals surface area contributed by atoms with Gasteiger partial charge in [-0.05, 0) is 94.6 Å². The predicted molar refractivity (Wildman–Crippen MR) is 177 cm³/mol. The molecule has 6 heteroatoms. The van der Waals surface area contributed by atoms with E-state index in [1.807, 2.05) is 30.3 Å². The molecule has 0 aliphatic rings. The second-order valence-electron chi connectivity index (χ2n) is 12.0. The van der Waals surface area contributed by atoms with Crippen LogP contribution in [0.1, 0.15) is 67.9 Å². The fourth-order valence-corrected chi connectivity index (χ4v) is 5.81. The number of phenols is 2. The molecule has 1 atom stereocenters. The van der Waals surface area contributed by atoms with Crippen LogP contribution in [0.2, 0.25) is 0 Å². The van der Waals surface area contributed by atoms with Crippen LogP contribution in [-0.2, 0) is 19.4 Å². The number of rotatable bonds is 16. The first-order chi connectivity index (χ1) is 21.2. The number of nitrogens with zero attached hydrogens (tertiary/aromatic N) is 1. The van der Waals surface area contributed by atoms with Gasteiger partial charge in [-0.3, -0.25) is 4.90 Å². The number of benzene rings is 4. The highest BCUT2D eigenvalue weighted by Gasteiger charge is 2.21. The summed E-state index contributed by atoms with van der Waals surface area (Å²) in [5.74, 6) is 0.355. The van der Waals surface area contributed by atoms with Crippen molar-refractivity contribution in [2.45, 2.75) is 71.5 Å². The first-order valence-electron chi connectivity index (χ1n) is 15.7. The van der Waals surface area contributed by atoms with Crippen LogP contribution in [0, 0.1) is 5.82 Å². The molecular weight excluding hydrogens is 551 g/mol. The van der Waals surface area contributed by atoms with Crippen LogP contribution in [0.25, 0.3) is 0 Å². The van der Waals surface area contributed by atoms with Gasteiger partial charge in [0.05, 0.1) is 6.61 Å². The number of hydrogen-bond acceptors (Lipinski definition) is 5. The molecule has 4 aromatic rings. The van der Waals surface area contributed by atoms with Gasteiger partial charge in [-0.1, -0.05) is 66.7 Å². The second kappa shape index (κ2) is 16.3. The maximum Gasteiger partial charge on any atom is 0.165 e. The molecule has 4 aromatic carbocycles. The van der Waals surface area contributed by atoms with E-state index < -0.39 is 5.82 Å². The lowest BCUT2D eigenvalue weighted by Crippen LogP contribution is -2.38. The molecular formula is C38H47FN2O3. The zero-order valence-electron chi connectivity index (χ0n) is 26.5. The number of para-hydroxylation sites is 1. The summed E-state index contributed by atoms with van der Waals surface area (Å²) in [4.78, 5) is 2.51. The highest BCUT2D eigenvalue weighted by Crippen LogP contribution is 2.35. The number of hydrogen-bond donors (Lipinski definition) is 3. The molecule has 234 valence electrons. The Hall–Kier alpha value is -3.87. The fraction of sp³-hybridized carbons (Fsp3) is 0.368. The van der Waals surface area contributed by atoms with E-state index in [-0.39, 0.29) is 11.7 Å². The minimum atomic E-state index is -0.600. The minimum absolute atomic E-state index is 0.0960. The van der Waals surface area contributed by atoms with Gasteiger partial charge in [0.15, 0.2) is 11.6 Å². The summed E-state index contributed by atoms with van der Waals surface area (Å²) in [5.41, 5.74) is 5.03. The van der Waals surface area contributed by atoms with Gasteiger partial charge in [0.1, 0.15) is 11.5 Å². The largest absolute Gasteiger partial charge is 0.508 e. The molecule has 0 heterocycles. The summed E-state index contributed by atoms with van der Waals surface area (Å²) in [7, 11) is 0. The highest BCUT2D eigenvalue weighted by atomic mass is 19.1. The van der Waals surface area contributed by atoms with E-state index in [0.717, 1.165) is 48.2 Å². The van der Waals surface area contributed by atoms with Crippen molar-refractivity contribution in [2.24, 2.45) is 0 Å². The Morgan fingerprint density at radius 2 is 1.50 bits per heavy atom. The number of aromatic hydroxyl groups is 2. The average Bonchev–Trinajstić information content (AvgIpc) is 3.01. The third kappa shape index (κ3) is 9.31. The van der Waals surface area contributed by atoms with E-state index in [4.69, 9.17) is 4.74 Å². The molecule has 0 fully saturated rings. The zero-order valence-corrected chi connectivity index (χ0v) is 26.5. The number of halogens is 1. The Morgan fingerprint density at radius 1 is 0.795 bits per heavy atom. The quantitative estimate of drug-likeness (QED) is 0.115. The topological polar surface area (TPSA) is 65.0 Å². The molecule has 0 saturated heterocycles. The van der Waals surface area contributed by atoms with Gasteiger partial charge in [0.2, 0.25) is 0 Å². The molecule has 0 amide bonds. The molecule has 0 saturated carbocycles. The minimum Gasteiger partial charge on any atom is -0.508 e. The smallest absolute Gasteiger partial charge is 0.165 e. The molecule has 0 aliphatic heterocycles. The van der Waals surface area contributed by atoms with E-state index in [0.29, 0.717) is 43.1 Å². The number of nitrogens with one attached hydrogen (secondary N) is 1. The van der Waals surface area contributed by atoms with E-state index in [2.05, 4.69) is 80.4 Å². The van der Waals surface area contributed by atoms with Crippen LogP contribution < -0.4 is 10.1 Å². The monoisotopic (exact) mass is 598 g/mol. The summed E-state index contributed by atoms with van der Waals surface area (Å²) in [5, 5.41) is 24.0. The maximum absolute atomic E-state index is 13.5. The SMILES string of the molecule is CC(C)N(CCC(c1ccccc1)c1cc(CCOc2ccc(CCNCc3cccc(F)c3O)cc2)ccc1O)C(C)C. The zero-order chi connectivity index (χ0) is 31.5. The third-order valence-corrected chi connectivity index (χ3v) is 8.23. The van der Waals surface area contributed by atoms with Gasteiger partial charge in [0.25, 0.3) is 0 Å². The van der Waals surface area contributed by atoms with Crippen LogP contribution in [0.3, 0.4) is 0 Å². The van der Waals surface area contributed by atoms with Gasteiger partial charge < -0.3 is 20.3 Å². The standard InChI is InChI=1S/C38H47FN2O3/c1-27(2)41(28(3)4)23-20-34(31-9-6-5-7-10-31)35-25-30(15-18-37(35)42)21-24-44-33-16-13-29(14-17-33)19-22-40-26-32-11-8-12-36(39)38(32)43/h5-18,25,27-28,34,40,42-43H,19-24,26H2,1-4H3. The van der Waals surface area contributed by atoms with Crippen molar-refractivity contribution < 1.29 is 19.3 Å². The first-order valence-corrected chi connectivity index (χ1v) is 15.7. The Kier molecular flexibility index (Phi) is 12.2. The number of ether oxygens (including phenoxy) is 1. The molecule has 0 bridgehead atoms. The highest BCUT2D eigenvalue weighted by molar-refractivity contribution is 5.44. The van der Waals surface area contributed by atoms with Crippen molar-refractivity contribution in [3.05, 3.63) is 125 Å². The van der Waals surface area contributed by atoms with E-state index >= 15 is 0 Å². The van der Waals surface area contributed by atoms with Crippen molar-refractivity contribution in [3.8, 4) is 17.2 Å².